The number of hydrogen-bond acceptors (Lipinski definition) is 2. The first-order chi connectivity index (χ1) is 6.83. The Hall–Kier alpha value is -1.33. The van der Waals surface area contributed by atoms with Gasteiger partial charge >= 0.3 is 0 Å². The van der Waals surface area contributed by atoms with Gasteiger partial charge < -0.3 is 5.32 Å². The first kappa shape index (κ1) is 10.7. The van der Waals surface area contributed by atoms with Crippen LogP contribution in [0.5, 0.6) is 0 Å². The van der Waals surface area contributed by atoms with Crippen LogP contribution in [0, 0.1) is 11.3 Å². The average Bonchev–Trinajstić information content (AvgIpc) is 2.25. The van der Waals surface area contributed by atoms with E-state index in [1.54, 1.807) is 0 Å². The molecule has 1 N–H and O–H groups in total. The van der Waals surface area contributed by atoms with E-state index in [1.165, 1.54) is 5.56 Å². The molecule has 0 spiro atoms. The van der Waals surface area contributed by atoms with Gasteiger partial charge in [0.2, 0.25) is 0 Å². The van der Waals surface area contributed by atoms with Gasteiger partial charge in [-0.25, -0.2) is 0 Å². The molecule has 0 aliphatic rings. The molecule has 0 aliphatic carbocycles. The minimum atomic E-state index is 0.412. The molecule has 1 aromatic rings. The Morgan fingerprint density at radius 1 is 1.36 bits per heavy atom. The van der Waals surface area contributed by atoms with Crippen LogP contribution in [-0.4, -0.2) is 6.04 Å². The summed E-state index contributed by atoms with van der Waals surface area (Å²) in [5.41, 5.74) is 1.29. The molecule has 1 aromatic carbocycles. The van der Waals surface area contributed by atoms with Gasteiger partial charge in [-0.15, -0.1) is 0 Å². The lowest BCUT2D eigenvalue weighted by molar-refractivity contribution is 0.520. The third-order valence-electron chi connectivity index (χ3n) is 2.19. The number of nitrogens with one attached hydrogen (secondary N) is 1. The van der Waals surface area contributed by atoms with Crippen LogP contribution in [-0.2, 0) is 6.54 Å². The molecule has 0 bridgehead atoms. The van der Waals surface area contributed by atoms with E-state index >= 15 is 0 Å². The van der Waals surface area contributed by atoms with Gasteiger partial charge in [0, 0.05) is 19.0 Å². The fourth-order valence-corrected chi connectivity index (χ4v) is 1.27. The lowest BCUT2D eigenvalue weighted by Gasteiger charge is -2.11. The zero-order chi connectivity index (χ0) is 10.2. The minimum absolute atomic E-state index is 0.412. The van der Waals surface area contributed by atoms with Crippen LogP contribution >= 0.6 is 0 Å². The lowest BCUT2D eigenvalue weighted by Crippen LogP contribution is -2.25. The van der Waals surface area contributed by atoms with Crippen LogP contribution in [0.25, 0.3) is 0 Å². The molecule has 14 heavy (non-hydrogen) atoms. The summed E-state index contributed by atoms with van der Waals surface area (Å²) in [6.07, 6.45) is 1.55. The van der Waals surface area contributed by atoms with Crippen molar-refractivity contribution in [1.29, 1.82) is 5.26 Å². The second-order valence-electron chi connectivity index (χ2n) is 3.46. The highest BCUT2D eigenvalue weighted by Gasteiger charge is 1.99. The average molecular weight is 188 g/mol. The summed E-state index contributed by atoms with van der Waals surface area (Å²) in [5, 5.41) is 11.8. The predicted molar refractivity (Wildman–Crippen MR) is 57.6 cm³/mol. The highest BCUT2D eigenvalue weighted by Crippen LogP contribution is 2.00. The first-order valence-electron chi connectivity index (χ1n) is 4.97. The molecule has 0 heterocycles. The highest BCUT2D eigenvalue weighted by molar-refractivity contribution is 5.14. The zero-order valence-corrected chi connectivity index (χ0v) is 8.53. The monoisotopic (exact) mass is 188 g/mol. The predicted octanol–water partition coefficient (Wildman–Crippen LogP) is 2.47. The van der Waals surface area contributed by atoms with Crippen molar-refractivity contribution in [3.63, 3.8) is 0 Å². The van der Waals surface area contributed by atoms with Crippen molar-refractivity contribution in [2.24, 2.45) is 0 Å². The largest absolute Gasteiger partial charge is 0.310 e. The quantitative estimate of drug-likeness (QED) is 0.770. The van der Waals surface area contributed by atoms with Gasteiger partial charge in [-0.2, -0.15) is 5.26 Å². The minimum Gasteiger partial charge on any atom is -0.310 e. The van der Waals surface area contributed by atoms with Crippen LogP contribution in [0.1, 0.15) is 25.3 Å². The van der Waals surface area contributed by atoms with Crippen LogP contribution in [0.15, 0.2) is 30.3 Å². The van der Waals surface area contributed by atoms with E-state index < -0.39 is 0 Å². The number of benzene rings is 1. The summed E-state index contributed by atoms with van der Waals surface area (Å²) in [6.45, 7) is 2.99. The maximum Gasteiger partial charge on any atom is 0.0622 e. The Morgan fingerprint density at radius 2 is 2.07 bits per heavy atom. The van der Waals surface area contributed by atoms with Crippen molar-refractivity contribution in [2.75, 3.05) is 0 Å². The van der Waals surface area contributed by atoms with Gasteiger partial charge in [0.1, 0.15) is 0 Å². The molecule has 2 heteroatoms. The smallest absolute Gasteiger partial charge is 0.0622 e. The van der Waals surface area contributed by atoms with Gasteiger partial charge in [-0.05, 0) is 18.9 Å². The molecular weight excluding hydrogens is 172 g/mol. The van der Waals surface area contributed by atoms with E-state index in [0.717, 1.165) is 13.0 Å². The Labute approximate surface area is 85.6 Å². The molecule has 2 nitrogen and oxygen atoms in total. The number of rotatable bonds is 5. The second-order valence-corrected chi connectivity index (χ2v) is 3.46. The van der Waals surface area contributed by atoms with Crippen molar-refractivity contribution in [3.05, 3.63) is 35.9 Å². The molecule has 0 fully saturated rings. The van der Waals surface area contributed by atoms with Gasteiger partial charge in [0.05, 0.1) is 6.07 Å². The molecule has 0 aliphatic heterocycles. The first-order valence-corrected chi connectivity index (χ1v) is 4.97. The SMILES string of the molecule is C[C@@H](CCC#N)NCc1ccccc1. The van der Waals surface area contributed by atoms with Crippen LogP contribution in [0.4, 0.5) is 0 Å². The summed E-state index contributed by atoms with van der Waals surface area (Å²) in [5.74, 6) is 0. The molecule has 0 amide bonds. The summed E-state index contributed by atoms with van der Waals surface area (Å²) in [4.78, 5) is 0. The third-order valence-corrected chi connectivity index (χ3v) is 2.19. The third kappa shape index (κ3) is 4.06. The standard InChI is InChI=1S/C12H16N2/c1-11(6-5-9-13)14-10-12-7-3-2-4-8-12/h2-4,7-8,11,14H,5-6,10H2,1H3/t11-/m0/s1. The normalized spacial score (nSPS) is 12.0. The fraction of sp³-hybridized carbons (Fsp3) is 0.417. The van der Waals surface area contributed by atoms with Crippen molar-refractivity contribution >= 4 is 0 Å². The maximum atomic E-state index is 8.42. The van der Waals surface area contributed by atoms with E-state index in [4.69, 9.17) is 5.26 Å². The Balaban J connectivity index is 2.24. The Morgan fingerprint density at radius 3 is 2.71 bits per heavy atom. The van der Waals surface area contributed by atoms with E-state index in [1.807, 2.05) is 18.2 Å². The van der Waals surface area contributed by atoms with Crippen molar-refractivity contribution in [1.82, 2.24) is 5.32 Å². The number of hydrogen-bond donors (Lipinski definition) is 1. The zero-order valence-electron chi connectivity index (χ0n) is 8.53. The molecule has 74 valence electrons. The van der Waals surface area contributed by atoms with Gasteiger partial charge in [-0.1, -0.05) is 30.3 Å². The lowest BCUT2D eigenvalue weighted by atomic mass is 10.1. The molecular formula is C12H16N2. The molecule has 1 rings (SSSR count). The molecule has 0 saturated heterocycles. The van der Waals surface area contributed by atoms with Crippen molar-refractivity contribution < 1.29 is 0 Å². The maximum absolute atomic E-state index is 8.42. The summed E-state index contributed by atoms with van der Waals surface area (Å²) < 4.78 is 0. The summed E-state index contributed by atoms with van der Waals surface area (Å²) in [6, 6.07) is 12.9. The van der Waals surface area contributed by atoms with Crippen LogP contribution in [0.2, 0.25) is 0 Å². The summed E-state index contributed by atoms with van der Waals surface area (Å²) >= 11 is 0. The van der Waals surface area contributed by atoms with Crippen molar-refractivity contribution in [3.8, 4) is 6.07 Å². The molecule has 0 radical (unpaired) electrons. The molecule has 1 atom stereocenters. The summed E-state index contributed by atoms with van der Waals surface area (Å²) in [7, 11) is 0. The molecule has 0 saturated carbocycles. The number of nitrogens with zero attached hydrogens (tertiary/aromatic N) is 1. The van der Waals surface area contributed by atoms with Crippen molar-refractivity contribution in [2.45, 2.75) is 32.4 Å². The molecule has 0 aromatic heterocycles. The van der Waals surface area contributed by atoms with E-state index in [0.29, 0.717) is 12.5 Å². The van der Waals surface area contributed by atoms with E-state index in [-0.39, 0.29) is 0 Å². The van der Waals surface area contributed by atoms with Crippen LogP contribution < -0.4 is 5.32 Å². The van der Waals surface area contributed by atoms with Gasteiger partial charge in [0.25, 0.3) is 0 Å². The van der Waals surface area contributed by atoms with E-state index in [2.05, 4.69) is 30.4 Å². The fourth-order valence-electron chi connectivity index (χ4n) is 1.27. The Kier molecular flexibility index (Phi) is 4.74. The van der Waals surface area contributed by atoms with Gasteiger partial charge in [0.15, 0.2) is 0 Å². The topological polar surface area (TPSA) is 35.8 Å². The van der Waals surface area contributed by atoms with Gasteiger partial charge in [-0.3, -0.25) is 0 Å². The van der Waals surface area contributed by atoms with Crippen LogP contribution in [0.3, 0.4) is 0 Å². The Bertz CT molecular complexity index is 287. The van der Waals surface area contributed by atoms with E-state index in [9.17, 15) is 0 Å². The number of nitriles is 1. The highest BCUT2D eigenvalue weighted by atomic mass is 14.9. The molecule has 0 unspecified atom stereocenters. The second kappa shape index (κ2) is 6.17.